The number of benzene rings is 2. The smallest absolute Gasteiger partial charge is 0.411 e. The Labute approximate surface area is 193 Å². The van der Waals surface area contributed by atoms with Crippen LogP contribution in [0.3, 0.4) is 0 Å². The lowest BCUT2D eigenvalue weighted by atomic mass is 9.96. The van der Waals surface area contributed by atoms with Gasteiger partial charge in [-0.05, 0) is 53.6 Å². The summed E-state index contributed by atoms with van der Waals surface area (Å²) in [6.07, 6.45) is 3.34. The van der Waals surface area contributed by atoms with E-state index >= 15 is 0 Å². The highest BCUT2D eigenvalue weighted by Gasteiger charge is 2.32. The second-order valence-electron chi connectivity index (χ2n) is 8.09. The SMILES string of the molecule is C[C@H]1CCCN(C(=O)OCc2ccccc2)[C@H]1NCc1cccc(-c2ccnc(Cl)n2)c1. The van der Waals surface area contributed by atoms with E-state index in [2.05, 4.69) is 34.3 Å². The van der Waals surface area contributed by atoms with Crippen LogP contribution in [-0.4, -0.2) is 33.7 Å². The molecule has 6 nitrogen and oxygen atoms in total. The minimum Gasteiger partial charge on any atom is -0.445 e. The fourth-order valence-electron chi connectivity index (χ4n) is 4.06. The highest BCUT2D eigenvalue weighted by Crippen LogP contribution is 2.24. The summed E-state index contributed by atoms with van der Waals surface area (Å²) in [6.45, 7) is 3.77. The van der Waals surface area contributed by atoms with E-state index in [4.69, 9.17) is 16.3 Å². The molecule has 1 fully saturated rings. The number of rotatable bonds is 6. The first-order chi connectivity index (χ1) is 15.6. The molecule has 1 aromatic heterocycles. The van der Waals surface area contributed by atoms with Crippen LogP contribution >= 0.6 is 11.6 Å². The second-order valence-corrected chi connectivity index (χ2v) is 8.43. The summed E-state index contributed by atoms with van der Waals surface area (Å²) in [6, 6.07) is 19.7. The molecule has 2 heterocycles. The topological polar surface area (TPSA) is 67.3 Å². The van der Waals surface area contributed by atoms with Gasteiger partial charge in [-0.2, -0.15) is 0 Å². The number of ether oxygens (including phenoxy) is 1. The van der Waals surface area contributed by atoms with Gasteiger partial charge in [0, 0.05) is 24.8 Å². The number of likely N-dealkylation sites (tertiary alicyclic amines) is 1. The van der Waals surface area contributed by atoms with Crippen molar-refractivity contribution in [1.29, 1.82) is 0 Å². The highest BCUT2D eigenvalue weighted by atomic mass is 35.5. The third-order valence-electron chi connectivity index (χ3n) is 5.74. The number of aromatic nitrogens is 2. The third kappa shape index (κ3) is 5.64. The molecule has 1 aliphatic heterocycles. The summed E-state index contributed by atoms with van der Waals surface area (Å²) in [5, 5.41) is 3.80. The van der Waals surface area contributed by atoms with Crippen molar-refractivity contribution in [1.82, 2.24) is 20.2 Å². The van der Waals surface area contributed by atoms with Gasteiger partial charge in [-0.3, -0.25) is 10.2 Å². The molecule has 0 aliphatic carbocycles. The molecule has 3 aromatic rings. The van der Waals surface area contributed by atoms with Crippen LogP contribution in [0, 0.1) is 5.92 Å². The van der Waals surface area contributed by atoms with Crippen LogP contribution in [0.2, 0.25) is 5.28 Å². The molecule has 166 valence electrons. The molecule has 32 heavy (non-hydrogen) atoms. The first kappa shape index (κ1) is 22.2. The van der Waals surface area contributed by atoms with Gasteiger partial charge in [0.25, 0.3) is 0 Å². The number of nitrogens with zero attached hydrogens (tertiary/aromatic N) is 3. The summed E-state index contributed by atoms with van der Waals surface area (Å²) < 4.78 is 5.61. The van der Waals surface area contributed by atoms with E-state index in [0.717, 1.165) is 35.2 Å². The van der Waals surface area contributed by atoms with Crippen molar-refractivity contribution in [3.63, 3.8) is 0 Å². The van der Waals surface area contributed by atoms with Gasteiger partial charge in [-0.25, -0.2) is 14.8 Å². The van der Waals surface area contributed by atoms with E-state index in [0.29, 0.717) is 19.0 Å². The number of hydrogen-bond donors (Lipinski definition) is 1. The molecule has 1 amide bonds. The quantitative estimate of drug-likeness (QED) is 0.517. The van der Waals surface area contributed by atoms with Crippen LogP contribution in [0.4, 0.5) is 4.79 Å². The van der Waals surface area contributed by atoms with Gasteiger partial charge in [0.15, 0.2) is 0 Å². The Morgan fingerprint density at radius 2 is 1.97 bits per heavy atom. The number of amides is 1. The van der Waals surface area contributed by atoms with Crippen molar-refractivity contribution >= 4 is 17.7 Å². The molecule has 1 N–H and O–H groups in total. The fourth-order valence-corrected chi connectivity index (χ4v) is 4.21. The van der Waals surface area contributed by atoms with Crippen molar-refractivity contribution in [2.24, 2.45) is 5.92 Å². The Balaban J connectivity index is 1.41. The Morgan fingerprint density at radius 1 is 1.16 bits per heavy atom. The van der Waals surface area contributed by atoms with Crippen LogP contribution in [0.5, 0.6) is 0 Å². The molecular weight excluding hydrogens is 424 g/mol. The molecule has 1 aliphatic rings. The number of nitrogens with one attached hydrogen (secondary N) is 1. The van der Waals surface area contributed by atoms with Gasteiger partial charge in [-0.15, -0.1) is 0 Å². The first-order valence-electron chi connectivity index (χ1n) is 10.9. The molecule has 0 saturated carbocycles. The lowest BCUT2D eigenvalue weighted by Gasteiger charge is -2.39. The lowest BCUT2D eigenvalue weighted by Crippen LogP contribution is -2.55. The van der Waals surface area contributed by atoms with E-state index in [-0.39, 0.29) is 24.1 Å². The Hall–Kier alpha value is -2.96. The number of carbonyl (C=O) groups excluding carboxylic acids is 1. The number of carbonyl (C=O) groups is 1. The van der Waals surface area contributed by atoms with Crippen molar-refractivity contribution in [3.05, 3.63) is 83.3 Å². The van der Waals surface area contributed by atoms with Gasteiger partial charge in [-0.1, -0.05) is 55.5 Å². The van der Waals surface area contributed by atoms with Crippen LogP contribution in [0.25, 0.3) is 11.3 Å². The molecule has 4 rings (SSSR count). The predicted octanol–water partition coefficient (Wildman–Crippen LogP) is 5.28. The zero-order chi connectivity index (χ0) is 22.3. The summed E-state index contributed by atoms with van der Waals surface area (Å²) >= 11 is 5.94. The minimum absolute atomic E-state index is 0.0795. The van der Waals surface area contributed by atoms with Crippen molar-refractivity contribution < 1.29 is 9.53 Å². The molecule has 2 aromatic carbocycles. The maximum absolute atomic E-state index is 12.8. The predicted molar refractivity (Wildman–Crippen MR) is 125 cm³/mol. The van der Waals surface area contributed by atoms with E-state index < -0.39 is 0 Å². The summed E-state index contributed by atoms with van der Waals surface area (Å²) in [5.74, 6) is 0.330. The van der Waals surface area contributed by atoms with Crippen molar-refractivity contribution in [2.75, 3.05) is 6.54 Å². The van der Waals surface area contributed by atoms with Crippen molar-refractivity contribution in [2.45, 2.75) is 39.1 Å². The zero-order valence-electron chi connectivity index (χ0n) is 18.1. The maximum Gasteiger partial charge on any atom is 0.411 e. The van der Waals surface area contributed by atoms with E-state index in [1.807, 2.05) is 53.4 Å². The number of halogens is 1. The van der Waals surface area contributed by atoms with Crippen LogP contribution in [0.1, 0.15) is 30.9 Å². The summed E-state index contributed by atoms with van der Waals surface area (Å²) in [4.78, 5) is 22.9. The van der Waals surface area contributed by atoms with Crippen LogP contribution < -0.4 is 5.32 Å². The van der Waals surface area contributed by atoms with Crippen molar-refractivity contribution in [3.8, 4) is 11.3 Å². The molecule has 0 radical (unpaired) electrons. The normalized spacial score (nSPS) is 18.4. The number of piperidine rings is 1. The standard InChI is InChI=1S/C25H27ClN4O2/c1-18-7-6-14-30(25(31)32-17-19-8-3-2-4-9-19)23(18)28-16-20-10-5-11-21(15-20)22-12-13-27-24(26)29-22/h2-5,8-13,15,18,23,28H,6-7,14,16-17H2,1H3/t18-,23+/m0/s1. The molecule has 1 saturated heterocycles. The highest BCUT2D eigenvalue weighted by molar-refractivity contribution is 6.28. The summed E-state index contributed by atoms with van der Waals surface area (Å²) in [5.41, 5.74) is 3.85. The molecule has 2 atom stereocenters. The van der Waals surface area contributed by atoms with Crippen LogP contribution in [0.15, 0.2) is 66.9 Å². The van der Waals surface area contributed by atoms with Crippen LogP contribution in [-0.2, 0) is 17.9 Å². The van der Waals surface area contributed by atoms with Gasteiger partial charge < -0.3 is 4.74 Å². The van der Waals surface area contributed by atoms with E-state index in [9.17, 15) is 4.79 Å². The molecule has 0 unspecified atom stereocenters. The van der Waals surface area contributed by atoms with Gasteiger partial charge >= 0.3 is 6.09 Å². The average molecular weight is 451 g/mol. The lowest BCUT2D eigenvalue weighted by molar-refractivity contribution is 0.0398. The second kappa shape index (κ2) is 10.6. The first-order valence-corrected chi connectivity index (χ1v) is 11.3. The zero-order valence-corrected chi connectivity index (χ0v) is 18.8. The fraction of sp³-hybridized carbons (Fsp3) is 0.320. The van der Waals surface area contributed by atoms with Gasteiger partial charge in [0.1, 0.15) is 6.61 Å². The van der Waals surface area contributed by atoms with Gasteiger partial charge in [0.05, 0.1) is 11.9 Å². The Bertz CT molecular complexity index is 1050. The average Bonchev–Trinajstić information content (AvgIpc) is 2.82. The van der Waals surface area contributed by atoms with Gasteiger partial charge in [0.2, 0.25) is 5.28 Å². The maximum atomic E-state index is 12.8. The summed E-state index contributed by atoms with van der Waals surface area (Å²) in [7, 11) is 0. The molecule has 0 spiro atoms. The molecular formula is C25H27ClN4O2. The largest absolute Gasteiger partial charge is 0.445 e. The molecule has 7 heteroatoms. The Kier molecular flexibility index (Phi) is 7.35. The van der Waals surface area contributed by atoms with E-state index in [1.165, 1.54) is 0 Å². The monoisotopic (exact) mass is 450 g/mol. The third-order valence-corrected chi connectivity index (χ3v) is 5.92. The Morgan fingerprint density at radius 3 is 2.78 bits per heavy atom. The van der Waals surface area contributed by atoms with E-state index in [1.54, 1.807) is 6.20 Å². The number of hydrogen-bond acceptors (Lipinski definition) is 5. The minimum atomic E-state index is -0.276. The molecule has 0 bridgehead atoms.